The lowest BCUT2D eigenvalue weighted by Crippen LogP contribution is -2.47. The van der Waals surface area contributed by atoms with E-state index in [0.717, 1.165) is 35.4 Å². The molecule has 4 atom stereocenters. The van der Waals surface area contributed by atoms with E-state index in [-0.39, 0.29) is 48.9 Å². The largest absolute Gasteiger partial charge is 0.487 e. The van der Waals surface area contributed by atoms with E-state index in [2.05, 4.69) is 15.6 Å². The number of hydrogen-bond donors (Lipinski definition) is 3. The maximum Gasteiger partial charge on any atom is 0.227 e. The highest BCUT2D eigenvalue weighted by Crippen LogP contribution is 2.47. The first-order chi connectivity index (χ1) is 17.1. The first-order valence-corrected chi connectivity index (χ1v) is 12.2. The second kappa shape index (κ2) is 10.7. The second-order valence-electron chi connectivity index (χ2n) is 9.37. The van der Waals surface area contributed by atoms with E-state index in [4.69, 9.17) is 14.2 Å². The maximum atomic E-state index is 12.7. The van der Waals surface area contributed by atoms with Gasteiger partial charge in [0.15, 0.2) is 0 Å². The van der Waals surface area contributed by atoms with E-state index >= 15 is 0 Å². The van der Waals surface area contributed by atoms with Crippen LogP contribution in [0.25, 0.3) is 0 Å². The van der Waals surface area contributed by atoms with Crippen molar-refractivity contribution in [2.75, 3.05) is 25.1 Å². The molecule has 0 saturated carbocycles. The molecule has 186 valence electrons. The van der Waals surface area contributed by atoms with Crippen molar-refractivity contribution in [3.05, 3.63) is 53.9 Å². The Hall–Kier alpha value is -3.01. The lowest BCUT2D eigenvalue weighted by atomic mass is 9.84. The Morgan fingerprint density at radius 3 is 2.80 bits per heavy atom. The van der Waals surface area contributed by atoms with Crippen LogP contribution in [0.1, 0.15) is 42.7 Å². The van der Waals surface area contributed by atoms with Gasteiger partial charge in [0.05, 0.1) is 19.1 Å². The fourth-order valence-corrected chi connectivity index (χ4v) is 5.15. The molecule has 1 aromatic carbocycles. The Bertz CT molecular complexity index is 1040. The fourth-order valence-electron chi connectivity index (χ4n) is 5.15. The molecule has 9 heteroatoms. The smallest absolute Gasteiger partial charge is 0.227 e. The number of fused-ring (bicyclic) bond motifs is 3. The molecule has 2 aromatic rings. The van der Waals surface area contributed by atoms with Gasteiger partial charge in [0.2, 0.25) is 11.8 Å². The van der Waals surface area contributed by atoms with E-state index in [9.17, 15) is 14.7 Å². The number of aliphatic hydroxyl groups is 1. The van der Waals surface area contributed by atoms with E-state index in [1.54, 1.807) is 12.4 Å². The molecule has 3 aliphatic rings. The Balaban J connectivity index is 1.24. The third kappa shape index (κ3) is 5.47. The van der Waals surface area contributed by atoms with Crippen molar-refractivity contribution in [3.63, 3.8) is 0 Å². The van der Waals surface area contributed by atoms with Gasteiger partial charge in [0, 0.05) is 55.2 Å². The van der Waals surface area contributed by atoms with Crippen molar-refractivity contribution in [1.29, 1.82) is 0 Å². The van der Waals surface area contributed by atoms with Gasteiger partial charge in [-0.1, -0.05) is 6.07 Å². The zero-order valence-corrected chi connectivity index (χ0v) is 19.5. The van der Waals surface area contributed by atoms with Gasteiger partial charge in [-0.3, -0.25) is 14.6 Å². The Morgan fingerprint density at radius 1 is 1.17 bits per heavy atom. The minimum Gasteiger partial charge on any atom is -0.487 e. The summed E-state index contributed by atoms with van der Waals surface area (Å²) < 4.78 is 17.5. The third-order valence-corrected chi connectivity index (χ3v) is 6.98. The van der Waals surface area contributed by atoms with Crippen LogP contribution in [0.2, 0.25) is 0 Å². The minimum atomic E-state index is -0.530. The summed E-state index contributed by atoms with van der Waals surface area (Å²) in [4.78, 5) is 29.3. The number of pyridine rings is 1. The summed E-state index contributed by atoms with van der Waals surface area (Å²) in [5, 5.41) is 15.9. The molecule has 5 rings (SSSR count). The number of anilines is 1. The van der Waals surface area contributed by atoms with Crippen molar-refractivity contribution < 1.29 is 28.9 Å². The monoisotopic (exact) mass is 481 g/mol. The molecule has 0 bridgehead atoms. The zero-order valence-electron chi connectivity index (χ0n) is 19.5. The quantitative estimate of drug-likeness (QED) is 0.554. The third-order valence-electron chi connectivity index (χ3n) is 6.98. The lowest BCUT2D eigenvalue weighted by molar-refractivity contribution is -0.142. The minimum absolute atomic E-state index is 0.00657. The van der Waals surface area contributed by atoms with Crippen molar-refractivity contribution >= 4 is 17.5 Å². The summed E-state index contributed by atoms with van der Waals surface area (Å²) in [6.45, 7) is 1.42. The number of ether oxygens (including phenoxy) is 3. The number of amides is 2. The van der Waals surface area contributed by atoms with Crippen molar-refractivity contribution in [1.82, 2.24) is 10.3 Å². The van der Waals surface area contributed by atoms with Gasteiger partial charge in [-0.05, 0) is 49.1 Å². The lowest BCUT2D eigenvalue weighted by Gasteiger charge is -2.37. The maximum absolute atomic E-state index is 12.7. The number of carbonyl (C=O) groups excluding carboxylic acids is 2. The highest BCUT2D eigenvalue weighted by Gasteiger charge is 2.46. The summed E-state index contributed by atoms with van der Waals surface area (Å²) in [6, 6.07) is 9.39. The van der Waals surface area contributed by atoms with Crippen LogP contribution in [0.3, 0.4) is 0 Å². The molecule has 35 heavy (non-hydrogen) atoms. The predicted molar refractivity (Wildman–Crippen MR) is 127 cm³/mol. The van der Waals surface area contributed by atoms with Gasteiger partial charge >= 0.3 is 0 Å². The number of aromatic nitrogens is 1. The Kier molecular flexibility index (Phi) is 7.26. The molecule has 9 nitrogen and oxygen atoms in total. The van der Waals surface area contributed by atoms with Crippen LogP contribution in [0, 0.1) is 5.92 Å². The molecule has 4 heterocycles. The Morgan fingerprint density at radius 2 is 2.03 bits per heavy atom. The molecule has 0 unspecified atom stereocenters. The molecule has 0 radical (unpaired) electrons. The molecule has 3 aliphatic heterocycles. The number of aliphatic hydroxyl groups excluding tert-OH is 1. The summed E-state index contributed by atoms with van der Waals surface area (Å²) in [5.74, 6) is 0.537. The number of rotatable bonds is 7. The van der Waals surface area contributed by atoms with Gasteiger partial charge in [-0.25, -0.2) is 0 Å². The van der Waals surface area contributed by atoms with Gasteiger partial charge in [-0.2, -0.15) is 0 Å². The van der Waals surface area contributed by atoms with Gasteiger partial charge in [0.1, 0.15) is 18.0 Å². The standard InChI is InChI=1S/C26H31N3O6/c30-15-23-25-21(11-19(34-23)12-24(31)28-14-16-2-1-7-27-13-16)20-10-18(3-4-22(20)35-25)29-26(32)17-5-8-33-9-6-17/h1-4,7,10,13,17,19,21,23,25,30H,5-6,8-9,11-12,14-15H2,(H,28,31)(H,29,32)/t19-,21-,23+,25+/m1/s1. The van der Waals surface area contributed by atoms with Gasteiger partial charge in [0.25, 0.3) is 0 Å². The first kappa shape index (κ1) is 23.7. The van der Waals surface area contributed by atoms with Gasteiger partial charge in [-0.15, -0.1) is 0 Å². The first-order valence-electron chi connectivity index (χ1n) is 12.2. The number of carbonyl (C=O) groups is 2. The van der Waals surface area contributed by atoms with Crippen molar-refractivity contribution in [2.24, 2.45) is 5.92 Å². The SMILES string of the molecule is O=C(C[C@H]1C[C@@H]2c3cc(NC(=O)C4CCOCC4)ccc3O[C@@H]2[C@H](CO)O1)NCc1cccnc1. The highest BCUT2D eigenvalue weighted by molar-refractivity contribution is 5.92. The summed E-state index contributed by atoms with van der Waals surface area (Å²) in [5.41, 5.74) is 2.62. The predicted octanol–water partition coefficient (Wildman–Crippen LogP) is 2.15. The average molecular weight is 482 g/mol. The number of nitrogens with one attached hydrogen (secondary N) is 2. The van der Waals surface area contributed by atoms with Crippen LogP contribution in [0.15, 0.2) is 42.7 Å². The number of hydrogen-bond acceptors (Lipinski definition) is 7. The number of nitrogens with zero attached hydrogens (tertiary/aromatic N) is 1. The van der Waals surface area contributed by atoms with Gasteiger partial charge < -0.3 is 30.0 Å². The van der Waals surface area contributed by atoms with E-state index in [1.807, 2.05) is 30.3 Å². The second-order valence-corrected chi connectivity index (χ2v) is 9.37. The molecule has 3 N–H and O–H groups in total. The molecular formula is C26H31N3O6. The molecule has 1 aromatic heterocycles. The van der Waals surface area contributed by atoms with E-state index < -0.39 is 6.10 Å². The topological polar surface area (TPSA) is 119 Å². The van der Waals surface area contributed by atoms with Crippen LogP contribution in [-0.4, -0.2) is 60.0 Å². The fraction of sp³-hybridized carbons (Fsp3) is 0.500. The summed E-state index contributed by atoms with van der Waals surface area (Å²) >= 11 is 0. The number of benzene rings is 1. The van der Waals surface area contributed by atoms with Crippen molar-refractivity contribution in [2.45, 2.75) is 56.5 Å². The molecule has 2 saturated heterocycles. The van der Waals surface area contributed by atoms with E-state index in [1.165, 1.54) is 0 Å². The molecule has 2 amide bonds. The van der Waals surface area contributed by atoms with Crippen LogP contribution in [-0.2, 0) is 25.6 Å². The van der Waals surface area contributed by atoms with Crippen LogP contribution < -0.4 is 15.4 Å². The van der Waals surface area contributed by atoms with Crippen LogP contribution in [0.4, 0.5) is 5.69 Å². The normalized spacial score (nSPS) is 25.7. The molecular weight excluding hydrogens is 450 g/mol. The molecule has 0 aliphatic carbocycles. The summed E-state index contributed by atoms with van der Waals surface area (Å²) in [7, 11) is 0. The Labute approximate surface area is 204 Å². The molecule has 0 spiro atoms. The zero-order chi connectivity index (χ0) is 24.2. The highest BCUT2D eigenvalue weighted by atomic mass is 16.6. The molecule has 2 fully saturated rings. The average Bonchev–Trinajstić information content (AvgIpc) is 3.26. The summed E-state index contributed by atoms with van der Waals surface area (Å²) in [6.07, 6.45) is 4.43. The van der Waals surface area contributed by atoms with E-state index in [0.29, 0.717) is 26.2 Å². The van der Waals surface area contributed by atoms with Crippen LogP contribution in [0.5, 0.6) is 5.75 Å². The van der Waals surface area contributed by atoms with Crippen LogP contribution >= 0.6 is 0 Å². The van der Waals surface area contributed by atoms with Crippen molar-refractivity contribution in [3.8, 4) is 5.75 Å².